The summed E-state index contributed by atoms with van der Waals surface area (Å²) in [4.78, 5) is 13.3. The molecule has 0 saturated heterocycles. The number of anilines is 1. The second-order valence-electron chi connectivity index (χ2n) is 9.32. The van der Waals surface area contributed by atoms with Crippen molar-refractivity contribution in [3.63, 3.8) is 0 Å². The molecule has 6 nitrogen and oxygen atoms in total. The van der Waals surface area contributed by atoms with Gasteiger partial charge in [-0.05, 0) is 47.9 Å². The summed E-state index contributed by atoms with van der Waals surface area (Å²) in [6.07, 6.45) is -5.14. The van der Waals surface area contributed by atoms with Crippen LogP contribution in [0.3, 0.4) is 0 Å². The maximum absolute atomic E-state index is 13.4. The van der Waals surface area contributed by atoms with Crippen LogP contribution in [0.5, 0.6) is 0 Å². The number of hydrogen-bond acceptors (Lipinski definition) is 4. The van der Waals surface area contributed by atoms with Gasteiger partial charge in [-0.1, -0.05) is 60.7 Å². The molecule has 3 aromatic carbocycles. The van der Waals surface area contributed by atoms with Crippen molar-refractivity contribution < 1.29 is 31.1 Å². The number of aromatic nitrogens is 1. The largest absolute Gasteiger partial charge is 0.393 e. The molecule has 1 heterocycles. The predicted octanol–water partition coefficient (Wildman–Crippen LogP) is 6.01. The molecular weight excluding hydrogens is 541 g/mol. The van der Waals surface area contributed by atoms with Crippen LogP contribution in [-0.4, -0.2) is 31.7 Å². The van der Waals surface area contributed by atoms with E-state index in [0.29, 0.717) is 53.5 Å². The SMILES string of the molecule is Cc1c(C(=O)Nc2ccc(C[SH](=O)=O)cc2)cc(CCOCc2ccccc2)n1-c1ccccc1CC(F)(F)F. The predicted molar refractivity (Wildman–Crippen MR) is 148 cm³/mol. The van der Waals surface area contributed by atoms with Crippen LogP contribution in [0, 0.1) is 6.92 Å². The van der Waals surface area contributed by atoms with E-state index in [-0.39, 0.29) is 11.3 Å². The number of rotatable bonds is 11. The Morgan fingerprint density at radius 2 is 1.60 bits per heavy atom. The van der Waals surface area contributed by atoms with Gasteiger partial charge in [0.15, 0.2) is 0 Å². The van der Waals surface area contributed by atoms with E-state index >= 15 is 0 Å². The van der Waals surface area contributed by atoms with Gasteiger partial charge in [0, 0.05) is 29.2 Å². The Bertz CT molecular complexity index is 1520. The van der Waals surface area contributed by atoms with Crippen LogP contribution >= 0.6 is 0 Å². The van der Waals surface area contributed by atoms with Crippen molar-refractivity contribution in [2.75, 3.05) is 11.9 Å². The first-order chi connectivity index (χ1) is 19.1. The van der Waals surface area contributed by atoms with Gasteiger partial charge < -0.3 is 14.6 Å². The molecule has 0 bridgehead atoms. The Balaban J connectivity index is 1.62. The summed E-state index contributed by atoms with van der Waals surface area (Å²) < 4.78 is 69.6. The number of alkyl halides is 3. The van der Waals surface area contributed by atoms with Gasteiger partial charge >= 0.3 is 6.18 Å². The Labute approximate surface area is 232 Å². The highest BCUT2D eigenvalue weighted by molar-refractivity contribution is 7.71. The van der Waals surface area contributed by atoms with Crippen molar-refractivity contribution in [2.45, 2.75) is 38.3 Å². The van der Waals surface area contributed by atoms with E-state index in [1.54, 1.807) is 60.0 Å². The number of nitrogens with one attached hydrogen (secondary N) is 1. The molecule has 0 saturated carbocycles. The van der Waals surface area contributed by atoms with Crippen LogP contribution in [0.1, 0.15) is 38.4 Å². The third kappa shape index (κ3) is 7.83. The summed E-state index contributed by atoms with van der Waals surface area (Å²) in [5.74, 6) is -0.530. The molecule has 210 valence electrons. The summed E-state index contributed by atoms with van der Waals surface area (Å²) in [6, 6.07) is 24.0. The monoisotopic (exact) mass is 570 g/mol. The molecule has 0 aliphatic heterocycles. The summed E-state index contributed by atoms with van der Waals surface area (Å²) in [7, 11) is -2.57. The number of ether oxygens (including phenoxy) is 1. The van der Waals surface area contributed by atoms with Crippen molar-refractivity contribution in [3.8, 4) is 5.69 Å². The lowest BCUT2D eigenvalue weighted by molar-refractivity contribution is -0.127. The number of halogens is 3. The molecule has 4 aromatic rings. The topological polar surface area (TPSA) is 77.4 Å². The van der Waals surface area contributed by atoms with Crippen LogP contribution in [0.4, 0.5) is 18.9 Å². The van der Waals surface area contributed by atoms with Crippen molar-refractivity contribution in [3.05, 3.63) is 119 Å². The van der Waals surface area contributed by atoms with Crippen LogP contribution in [0.25, 0.3) is 5.69 Å². The van der Waals surface area contributed by atoms with Crippen LogP contribution in [-0.2, 0) is 40.6 Å². The quantitative estimate of drug-likeness (QED) is 0.171. The first kappa shape index (κ1) is 29.1. The minimum atomic E-state index is -4.40. The standard InChI is InChI=1S/C30H29F3N2O4S/c1-21-27(29(36)34-25-13-11-23(12-14-25)20-40(37)38)17-26(15-16-39-19-22-7-3-2-4-8-22)35(21)28-10-6-5-9-24(28)18-30(31,32)33/h2-14,17,40H,15-16,18-20H2,1H3,(H,34,36). The van der Waals surface area contributed by atoms with Gasteiger partial charge in [-0.3, -0.25) is 4.79 Å². The van der Waals surface area contributed by atoms with Gasteiger partial charge in [-0.2, -0.15) is 13.2 Å². The Morgan fingerprint density at radius 1 is 0.925 bits per heavy atom. The highest BCUT2D eigenvalue weighted by Crippen LogP contribution is 2.29. The first-order valence-corrected chi connectivity index (χ1v) is 14.0. The van der Waals surface area contributed by atoms with Crippen LogP contribution in [0.15, 0.2) is 84.9 Å². The molecule has 0 aliphatic rings. The maximum atomic E-state index is 13.4. The van der Waals surface area contributed by atoms with Crippen LogP contribution in [0.2, 0.25) is 0 Å². The van der Waals surface area contributed by atoms with Crippen molar-refractivity contribution in [2.24, 2.45) is 0 Å². The molecule has 1 N–H and O–H groups in total. The van der Waals surface area contributed by atoms with E-state index < -0.39 is 29.2 Å². The maximum Gasteiger partial charge on any atom is 0.393 e. The molecule has 1 amide bonds. The molecule has 10 heteroatoms. The molecule has 0 aliphatic carbocycles. The highest BCUT2D eigenvalue weighted by Gasteiger charge is 2.30. The van der Waals surface area contributed by atoms with Gasteiger partial charge in [0.25, 0.3) is 5.91 Å². The number of amides is 1. The van der Waals surface area contributed by atoms with Crippen molar-refractivity contribution in [1.82, 2.24) is 4.57 Å². The fourth-order valence-electron chi connectivity index (χ4n) is 4.50. The molecule has 0 radical (unpaired) electrons. The zero-order valence-electron chi connectivity index (χ0n) is 21.8. The Hall–Kier alpha value is -3.89. The molecule has 0 unspecified atom stereocenters. The summed E-state index contributed by atoms with van der Waals surface area (Å²) >= 11 is 0. The third-order valence-electron chi connectivity index (χ3n) is 6.33. The number of carbonyl (C=O) groups excluding carboxylic acids is 1. The molecule has 1 aromatic heterocycles. The van der Waals surface area contributed by atoms with E-state index in [2.05, 4.69) is 5.32 Å². The fraction of sp³-hybridized carbons (Fsp3) is 0.233. The number of hydrogen-bond donors (Lipinski definition) is 2. The second kappa shape index (κ2) is 13.0. The average Bonchev–Trinajstić information content (AvgIpc) is 3.23. The lowest BCUT2D eigenvalue weighted by atomic mass is 10.1. The van der Waals surface area contributed by atoms with E-state index in [1.807, 2.05) is 30.3 Å². The second-order valence-corrected chi connectivity index (χ2v) is 10.3. The molecule has 40 heavy (non-hydrogen) atoms. The van der Waals surface area contributed by atoms with Gasteiger partial charge in [0.1, 0.15) is 10.7 Å². The van der Waals surface area contributed by atoms with E-state index in [1.165, 1.54) is 6.07 Å². The summed E-state index contributed by atoms with van der Waals surface area (Å²) in [5.41, 5.74) is 3.95. The third-order valence-corrected chi connectivity index (χ3v) is 6.95. The van der Waals surface area contributed by atoms with E-state index in [9.17, 15) is 26.4 Å². The number of para-hydroxylation sites is 1. The lowest BCUT2D eigenvalue weighted by Gasteiger charge is -2.17. The average molecular weight is 571 g/mol. The minimum absolute atomic E-state index is 0.0967. The van der Waals surface area contributed by atoms with Crippen LogP contribution < -0.4 is 5.32 Å². The molecule has 0 spiro atoms. The van der Waals surface area contributed by atoms with Crippen molar-refractivity contribution in [1.29, 1.82) is 0 Å². The van der Waals surface area contributed by atoms with Gasteiger partial charge in [-0.25, -0.2) is 8.42 Å². The normalized spacial score (nSPS) is 11.6. The van der Waals surface area contributed by atoms with Gasteiger partial charge in [0.2, 0.25) is 0 Å². The van der Waals surface area contributed by atoms with Crippen molar-refractivity contribution >= 4 is 22.3 Å². The number of benzene rings is 3. The first-order valence-electron chi connectivity index (χ1n) is 12.6. The van der Waals surface area contributed by atoms with Gasteiger partial charge in [-0.15, -0.1) is 0 Å². The molecule has 0 atom stereocenters. The molecular formula is C30H29F3N2O4S. The zero-order valence-corrected chi connectivity index (χ0v) is 22.7. The van der Waals surface area contributed by atoms with Gasteiger partial charge in [0.05, 0.1) is 31.0 Å². The summed E-state index contributed by atoms with van der Waals surface area (Å²) in [5, 5.41) is 2.80. The van der Waals surface area contributed by atoms with E-state index in [4.69, 9.17) is 4.74 Å². The number of nitrogens with zero attached hydrogens (tertiary/aromatic N) is 1. The Kier molecular flexibility index (Phi) is 9.44. The zero-order chi connectivity index (χ0) is 28.7. The highest BCUT2D eigenvalue weighted by atomic mass is 32.2. The lowest BCUT2D eigenvalue weighted by Crippen LogP contribution is -2.16. The smallest absolute Gasteiger partial charge is 0.376 e. The minimum Gasteiger partial charge on any atom is -0.376 e. The summed E-state index contributed by atoms with van der Waals surface area (Å²) in [6.45, 7) is 2.38. The molecule has 0 fully saturated rings. The molecule has 4 rings (SSSR count). The number of thiol groups is 1. The van der Waals surface area contributed by atoms with E-state index in [0.717, 1.165) is 5.56 Å². The number of carbonyl (C=O) groups is 1. The Morgan fingerprint density at radius 3 is 2.27 bits per heavy atom. The fourth-order valence-corrected chi connectivity index (χ4v) is 5.01.